The molecule has 27 heavy (non-hydrogen) atoms. The Morgan fingerprint density at radius 1 is 1.04 bits per heavy atom. The zero-order chi connectivity index (χ0) is 18.7. The molecule has 2 aromatic rings. The van der Waals surface area contributed by atoms with Crippen LogP contribution in [-0.4, -0.2) is 28.1 Å². The van der Waals surface area contributed by atoms with E-state index in [1.165, 1.54) is 30.2 Å². The maximum absolute atomic E-state index is 12.3. The lowest BCUT2D eigenvalue weighted by Gasteiger charge is -2.14. The zero-order valence-electron chi connectivity index (χ0n) is 15.4. The molecule has 2 aromatic carbocycles. The highest BCUT2D eigenvalue weighted by Crippen LogP contribution is 2.40. The molecule has 138 valence electrons. The number of rotatable bonds is 4. The Hall–Kier alpha value is -2.40. The highest BCUT2D eigenvalue weighted by atomic mass is 32.2. The van der Waals surface area contributed by atoms with E-state index in [0.717, 1.165) is 34.8 Å². The van der Waals surface area contributed by atoms with Crippen molar-refractivity contribution in [1.82, 2.24) is 0 Å². The number of aryl methyl sites for hydroxylation is 1. The number of carbonyl (C=O) groups is 1. The summed E-state index contributed by atoms with van der Waals surface area (Å²) < 4.78 is 0. The first-order valence-corrected chi connectivity index (χ1v) is 10.4. The molecule has 5 heteroatoms. The van der Waals surface area contributed by atoms with Crippen LogP contribution in [-0.2, 0) is 4.79 Å². The van der Waals surface area contributed by atoms with Crippen LogP contribution in [0.25, 0.3) is 0 Å². The van der Waals surface area contributed by atoms with Crippen LogP contribution in [0, 0.1) is 6.92 Å². The molecule has 1 aliphatic carbocycles. The second-order valence-corrected chi connectivity index (χ2v) is 8.10. The molecular weight excluding hydrogens is 354 g/mol. The largest absolute Gasteiger partial charge is 0.325 e. The van der Waals surface area contributed by atoms with Crippen molar-refractivity contribution in [3.8, 4) is 0 Å². The maximum atomic E-state index is 12.3. The summed E-state index contributed by atoms with van der Waals surface area (Å²) in [7, 11) is 0. The zero-order valence-corrected chi connectivity index (χ0v) is 16.3. The number of benzene rings is 2. The summed E-state index contributed by atoms with van der Waals surface area (Å²) in [5.74, 6) is 0.304. The Balaban J connectivity index is 1.50. The summed E-state index contributed by atoms with van der Waals surface area (Å²) in [4.78, 5) is 22.3. The van der Waals surface area contributed by atoms with Crippen molar-refractivity contribution in [2.75, 3.05) is 11.1 Å². The van der Waals surface area contributed by atoms with E-state index in [1.807, 2.05) is 30.3 Å². The highest BCUT2D eigenvalue weighted by molar-refractivity contribution is 8.16. The molecule has 1 saturated carbocycles. The smallest absolute Gasteiger partial charge is 0.234 e. The molecule has 4 nitrogen and oxygen atoms in total. The predicted molar refractivity (Wildman–Crippen MR) is 114 cm³/mol. The minimum atomic E-state index is -0.293. The molecule has 4 rings (SSSR count). The van der Waals surface area contributed by atoms with Gasteiger partial charge in [0.25, 0.3) is 0 Å². The number of nitrogens with one attached hydrogen (secondary N) is 1. The van der Waals surface area contributed by atoms with E-state index >= 15 is 0 Å². The summed E-state index contributed by atoms with van der Waals surface area (Å²) in [6.07, 6.45) is 4.34. The molecule has 0 bridgehead atoms. The fraction of sp³-hybridized carbons (Fsp3) is 0.318. The number of nitrogens with zero attached hydrogens (tertiary/aromatic N) is 2. The standard InChI is InChI=1S/C22H23N3OS/c1-16-9-11-17(12-10-16)20-21(25-22(24-20)13-5-6-14-22)27-15-19(26)23-18-7-3-2-4-8-18/h2-4,7-12H,5-6,13-15H2,1H3,(H,23,26). The van der Waals surface area contributed by atoms with Crippen molar-refractivity contribution in [2.45, 2.75) is 38.3 Å². The molecule has 0 radical (unpaired) electrons. The van der Waals surface area contributed by atoms with E-state index in [1.54, 1.807) is 0 Å². The molecule has 1 fully saturated rings. The quantitative estimate of drug-likeness (QED) is 0.829. The molecule has 1 amide bonds. The molecule has 1 spiro atoms. The first-order valence-electron chi connectivity index (χ1n) is 9.38. The lowest BCUT2D eigenvalue weighted by Crippen LogP contribution is -2.17. The van der Waals surface area contributed by atoms with Gasteiger partial charge < -0.3 is 5.32 Å². The average Bonchev–Trinajstić information content (AvgIpc) is 3.28. The van der Waals surface area contributed by atoms with E-state index in [9.17, 15) is 4.79 Å². The average molecular weight is 378 g/mol. The van der Waals surface area contributed by atoms with Crippen molar-refractivity contribution in [1.29, 1.82) is 0 Å². The van der Waals surface area contributed by atoms with Gasteiger partial charge in [-0.1, -0.05) is 59.8 Å². The summed E-state index contributed by atoms with van der Waals surface area (Å²) >= 11 is 1.49. The lowest BCUT2D eigenvalue weighted by molar-refractivity contribution is -0.113. The summed E-state index contributed by atoms with van der Waals surface area (Å²) in [6, 6.07) is 17.9. The fourth-order valence-corrected chi connectivity index (χ4v) is 4.41. The number of para-hydroxylation sites is 1. The third-order valence-electron chi connectivity index (χ3n) is 4.96. The number of carbonyl (C=O) groups excluding carboxylic acids is 1. The van der Waals surface area contributed by atoms with E-state index in [0.29, 0.717) is 5.75 Å². The molecule has 1 heterocycles. The van der Waals surface area contributed by atoms with E-state index in [-0.39, 0.29) is 11.6 Å². The van der Waals surface area contributed by atoms with Gasteiger partial charge in [0.05, 0.1) is 11.5 Å². The van der Waals surface area contributed by atoms with E-state index < -0.39 is 0 Å². The summed E-state index contributed by atoms with van der Waals surface area (Å²) in [5, 5.41) is 3.83. The Kier molecular flexibility index (Phi) is 5.12. The van der Waals surface area contributed by atoms with Crippen molar-refractivity contribution in [3.63, 3.8) is 0 Å². The van der Waals surface area contributed by atoms with Crippen molar-refractivity contribution >= 4 is 34.1 Å². The topological polar surface area (TPSA) is 53.8 Å². The molecular formula is C22H23N3OS. The van der Waals surface area contributed by atoms with Gasteiger partial charge in [-0.15, -0.1) is 0 Å². The van der Waals surface area contributed by atoms with Gasteiger partial charge in [0.15, 0.2) is 5.66 Å². The summed E-state index contributed by atoms with van der Waals surface area (Å²) in [5.41, 5.74) is 3.77. The monoisotopic (exact) mass is 377 g/mol. The second-order valence-electron chi connectivity index (χ2n) is 7.14. The Bertz CT molecular complexity index is 882. The van der Waals surface area contributed by atoms with Crippen molar-refractivity contribution in [2.24, 2.45) is 9.98 Å². The van der Waals surface area contributed by atoms with Gasteiger partial charge in [-0.05, 0) is 44.7 Å². The van der Waals surface area contributed by atoms with Crippen LogP contribution in [0.1, 0.15) is 36.8 Å². The second kappa shape index (κ2) is 7.69. The minimum absolute atomic E-state index is 0.0236. The van der Waals surface area contributed by atoms with Crippen LogP contribution in [0.2, 0.25) is 0 Å². The van der Waals surface area contributed by atoms with Gasteiger partial charge in [0.1, 0.15) is 5.04 Å². The van der Waals surface area contributed by atoms with Crippen LogP contribution in [0.3, 0.4) is 0 Å². The van der Waals surface area contributed by atoms with Crippen LogP contribution >= 0.6 is 11.8 Å². The van der Waals surface area contributed by atoms with Gasteiger partial charge in [0, 0.05) is 11.3 Å². The van der Waals surface area contributed by atoms with Crippen LogP contribution < -0.4 is 5.32 Å². The molecule has 1 N–H and O–H groups in total. The number of hydrogen-bond donors (Lipinski definition) is 1. The normalized spacial score (nSPS) is 17.7. The van der Waals surface area contributed by atoms with E-state index in [4.69, 9.17) is 9.98 Å². The molecule has 0 aromatic heterocycles. The maximum Gasteiger partial charge on any atom is 0.234 e. The number of thioether (sulfide) groups is 1. The number of hydrogen-bond acceptors (Lipinski definition) is 4. The van der Waals surface area contributed by atoms with Gasteiger partial charge in [-0.2, -0.15) is 0 Å². The lowest BCUT2D eigenvalue weighted by atomic mass is 10.1. The third-order valence-corrected chi connectivity index (χ3v) is 5.92. The number of anilines is 1. The Morgan fingerprint density at radius 3 is 2.44 bits per heavy atom. The van der Waals surface area contributed by atoms with Gasteiger partial charge in [-0.25, -0.2) is 4.99 Å². The number of amides is 1. The molecule has 0 atom stereocenters. The van der Waals surface area contributed by atoms with Gasteiger partial charge in [-0.3, -0.25) is 9.79 Å². The number of aliphatic imine (C=N–C) groups is 2. The Labute approximate surface area is 164 Å². The SMILES string of the molecule is Cc1ccc(C2=NC3(CCCC3)N=C2SCC(=O)Nc2ccccc2)cc1. The van der Waals surface area contributed by atoms with E-state index in [2.05, 4.69) is 36.5 Å². The van der Waals surface area contributed by atoms with Gasteiger partial charge >= 0.3 is 0 Å². The summed E-state index contributed by atoms with van der Waals surface area (Å²) in [6.45, 7) is 2.08. The van der Waals surface area contributed by atoms with Crippen LogP contribution in [0.15, 0.2) is 64.6 Å². The van der Waals surface area contributed by atoms with Crippen molar-refractivity contribution < 1.29 is 4.79 Å². The molecule has 2 aliphatic rings. The van der Waals surface area contributed by atoms with Crippen LogP contribution in [0.4, 0.5) is 5.69 Å². The van der Waals surface area contributed by atoms with Crippen molar-refractivity contribution in [3.05, 3.63) is 65.7 Å². The Morgan fingerprint density at radius 2 is 1.74 bits per heavy atom. The predicted octanol–water partition coefficient (Wildman–Crippen LogP) is 4.84. The minimum Gasteiger partial charge on any atom is -0.325 e. The highest BCUT2D eigenvalue weighted by Gasteiger charge is 2.39. The fourth-order valence-electron chi connectivity index (χ4n) is 3.54. The third kappa shape index (κ3) is 4.14. The first kappa shape index (κ1) is 18.0. The van der Waals surface area contributed by atoms with Crippen LogP contribution in [0.5, 0.6) is 0 Å². The van der Waals surface area contributed by atoms with Gasteiger partial charge in [0.2, 0.25) is 5.91 Å². The molecule has 0 saturated heterocycles. The molecule has 0 unspecified atom stereocenters. The first-order chi connectivity index (χ1) is 13.1. The molecule has 1 aliphatic heterocycles.